The van der Waals surface area contributed by atoms with Crippen molar-refractivity contribution >= 4 is 47.0 Å². The van der Waals surface area contributed by atoms with Crippen LogP contribution < -0.4 is 4.72 Å². The van der Waals surface area contributed by atoms with E-state index in [0.717, 1.165) is 12.5 Å². The van der Waals surface area contributed by atoms with Crippen molar-refractivity contribution in [2.24, 2.45) is 0 Å². The van der Waals surface area contributed by atoms with Gasteiger partial charge < -0.3 is 0 Å². The highest BCUT2D eigenvalue weighted by molar-refractivity contribution is 8.13. The minimum absolute atomic E-state index is 0.0185. The maximum absolute atomic E-state index is 11.7. The number of anilines is 1. The first kappa shape index (κ1) is 16.6. The highest BCUT2D eigenvalue weighted by Gasteiger charge is 2.15. The molecule has 1 aromatic carbocycles. The first-order valence-corrected chi connectivity index (χ1v) is 9.74. The standard InChI is InChI=1S/C10H13Cl2NO4S2/c1-2-3-6-18(14,15)13-10-5-4-8(7-9(10)11)19(12,16)17/h4-5,7,13H,2-3,6H2,1H3. The van der Waals surface area contributed by atoms with Crippen LogP contribution >= 0.6 is 22.3 Å². The molecule has 0 saturated carbocycles. The number of rotatable bonds is 6. The van der Waals surface area contributed by atoms with E-state index in [-0.39, 0.29) is 21.4 Å². The van der Waals surface area contributed by atoms with Crippen LogP contribution in [0.2, 0.25) is 5.02 Å². The number of halogens is 2. The second-order valence-corrected chi connectivity index (χ2v) is 8.67. The molecule has 19 heavy (non-hydrogen) atoms. The van der Waals surface area contributed by atoms with E-state index < -0.39 is 19.1 Å². The number of hydrogen-bond donors (Lipinski definition) is 1. The number of sulfonamides is 1. The molecule has 108 valence electrons. The van der Waals surface area contributed by atoms with Crippen LogP contribution in [-0.4, -0.2) is 22.6 Å². The Morgan fingerprint density at radius 1 is 1.21 bits per heavy atom. The second kappa shape index (κ2) is 6.30. The number of benzene rings is 1. The van der Waals surface area contributed by atoms with E-state index in [4.69, 9.17) is 22.3 Å². The third kappa shape index (κ3) is 5.18. The van der Waals surface area contributed by atoms with E-state index >= 15 is 0 Å². The van der Waals surface area contributed by atoms with Crippen molar-refractivity contribution in [1.29, 1.82) is 0 Å². The molecule has 0 unspecified atom stereocenters. The average molecular weight is 346 g/mol. The Balaban J connectivity index is 2.99. The number of hydrogen-bond acceptors (Lipinski definition) is 4. The third-order valence-electron chi connectivity index (χ3n) is 2.25. The molecule has 1 N–H and O–H groups in total. The van der Waals surface area contributed by atoms with E-state index in [0.29, 0.717) is 6.42 Å². The largest absolute Gasteiger partial charge is 0.282 e. The molecular formula is C10H13Cl2NO4S2. The zero-order valence-corrected chi connectivity index (χ0v) is 13.2. The van der Waals surface area contributed by atoms with Gasteiger partial charge in [-0.2, -0.15) is 0 Å². The first-order valence-electron chi connectivity index (χ1n) is 5.40. The SMILES string of the molecule is CCCCS(=O)(=O)Nc1ccc(S(=O)(=O)Cl)cc1Cl. The van der Waals surface area contributed by atoms with Gasteiger partial charge in [-0.05, 0) is 24.6 Å². The van der Waals surface area contributed by atoms with Gasteiger partial charge in [-0.1, -0.05) is 24.9 Å². The van der Waals surface area contributed by atoms with E-state index in [2.05, 4.69) is 4.72 Å². The van der Waals surface area contributed by atoms with Gasteiger partial charge in [0.2, 0.25) is 10.0 Å². The van der Waals surface area contributed by atoms with Crippen molar-refractivity contribution in [2.75, 3.05) is 10.5 Å². The average Bonchev–Trinajstić information content (AvgIpc) is 2.27. The Morgan fingerprint density at radius 3 is 2.32 bits per heavy atom. The van der Waals surface area contributed by atoms with Crippen LogP contribution in [-0.2, 0) is 19.1 Å². The molecule has 0 aliphatic rings. The molecule has 0 aliphatic carbocycles. The molecule has 0 radical (unpaired) electrons. The summed E-state index contributed by atoms with van der Waals surface area (Å²) in [7, 11) is -2.21. The normalized spacial score (nSPS) is 12.4. The molecule has 9 heteroatoms. The van der Waals surface area contributed by atoms with Crippen LogP contribution in [0.25, 0.3) is 0 Å². The summed E-state index contributed by atoms with van der Waals surface area (Å²) in [5.74, 6) is -0.0185. The van der Waals surface area contributed by atoms with Gasteiger partial charge in [0.15, 0.2) is 0 Å². The maximum Gasteiger partial charge on any atom is 0.261 e. The van der Waals surface area contributed by atoms with E-state index in [1.54, 1.807) is 0 Å². The molecule has 0 aromatic heterocycles. The third-order valence-corrected chi connectivity index (χ3v) is 5.28. The zero-order chi connectivity index (χ0) is 14.7. The molecule has 0 saturated heterocycles. The van der Waals surface area contributed by atoms with Crippen molar-refractivity contribution in [3.63, 3.8) is 0 Å². The summed E-state index contributed by atoms with van der Waals surface area (Å²) in [6, 6.07) is 3.55. The lowest BCUT2D eigenvalue weighted by Crippen LogP contribution is -2.16. The van der Waals surface area contributed by atoms with E-state index in [1.165, 1.54) is 12.1 Å². The Bertz CT molecular complexity index is 656. The van der Waals surface area contributed by atoms with E-state index in [9.17, 15) is 16.8 Å². The zero-order valence-electron chi connectivity index (χ0n) is 10.1. The van der Waals surface area contributed by atoms with Gasteiger partial charge in [0.05, 0.1) is 21.4 Å². The molecule has 5 nitrogen and oxygen atoms in total. The predicted octanol–water partition coefficient (Wildman–Crippen LogP) is 2.81. The quantitative estimate of drug-likeness (QED) is 0.803. The fourth-order valence-electron chi connectivity index (χ4n) is 1.28. The number of nitrogens with one attached hydrogen (secondary N) is 1. The van der Waals surface area contributed by atoms with Crippen molar-refractivity contribution < 1.29 is 16.8 Å². The van der Waals surface area contributed by atoms with Crippen LogP contribution in [0.1, 0.15) is 19.8 Å². The molecule has 0 atom stereocenters. The topological polar surface area (TPSA) is 80.3 Å². The second-order valence-electron chi connectivity index (χ2n) is 3.85. The van der Waals surface area contributed by atoms with Gasteiger partial charge in [-0.15, -0.1) is 0 Å². The lowest BCUT2D eigenvalue weighted by molar-refractivity contribution is 0.597. The Labute approximate surface area is 122 Å². The van der Waals surface area contributed by atoms with Gasteiger partial charge in [-0.3, -0.25) is 4.72 Å². The lowest BCUT2D eigenvalue weighted by atomic mass is 10.3. The fourth-order valence-corrected chi connectivity index (χ4v) is 3.69. The molecular weight excluding hydrogens is 333 g/mol. The summed E-state index contributed by atoms with van der Waals surface area (Å²) < 4.78 is 47.8. The summed E-state index contributed by atoms with van der Waals surface area (Å²) in [4.78, 5) is -0.185. The van der Waals surface area contributed by atoms with Crippen molar-refractivity contribution in [2.45, 2.75) is 24.7 Å². The van der Waals surface area contributed by atoms with Crippen molar-refractivity contribution in [3.8, 4) is 0 Å². The lowest BCUT2D eigenvalue weighted by Gasteiger charge is -2.09. The maximum atomic E-state index is 11.7. The molecule has 0 bridgehead atoms. The van der Waals surface area contributed by atoms with Gasteiger partial charge >= 0.3 is 0 Å². The smallest absolute Gasteiger partial charge is 0.261 e. The van der Waals surface area contributed by atoms with Gasteiger partial charge in [0, 0.05) is 10.7 Å². The van der Waals surface area contributed by atoms with Crippen LogP contribution in [0.5, 0.6) is 0 Å². The Morgan fingerprint density at radius 2 is 1.84 bits per heavy atom. The van der Waals surface area contributed by atoms with Crippen LogP contribution in [0.3, 0.4) is 0 Å². The van der Waals surface area contributed by atoms with Crippen LogP contribution in [0.4, 0.5) is 5.69 Å². The molecule has 0 amide bonds. The van der Waals surface area contributed by atoms with Crippen LogP contribution in [0, 0.1) is 0 Å². The van der Waals surface area contributed by atoms with Crippen molar-refractivity contribution in [3.05, 3.63) is 23.2 Å². The molecule has 0 aliphatic heterocycles. The van der Waals surface area contributed by atoms with Gasteiger partial charge in [0.1, 0.15) is 0 Å². The summed E-state index contributed by atoms with van der Waals surface area (Å²) in [6.45, 7) is 1.88. The summed E-state index contributed by atoms with van der Waals surface area (Å²) >= 11 is 5.83. The molecule has 0 heterocycles. The van der Waals surface area contributed by atoms with Gasteiger partial charge in [-0.25, -0.2) is 16.8 Å². The van der Waals surface area contributed by atoms with Crippen molar-refractivity contribution in [1.82, 2.24) is 0 Å². The minimum atomic E-state index is -3.89. The minimum Gasteiger partial charge on any atom is -0.282 e. The van der Waals surface area contributed by atoms with Crippen LogP contribution in [0.15, 0.2) is 23.1 Å². The van der Waals surface area contributed by atoms with Gasteiger partial charge in [0.25, 0.3) is 9.05 Å². The summed E-state index contributed by atoms with van der Waals surface area (Å²) in [5, 5.41) is -0.0261. The summed E-state index contributed by atoms with van der Waals surface area (Å²) in [6.07, 6.45) is 1.28. The molecule has 0 fully saturated rings. The highest BCUT2D eigenvalue weighted by atomic mass is 35.7. The predicted molar refractivity (Wildman–Crippen MR) is 76.8 cm³/mol. The monoisotopic (exact) mass is 345 g/mol. The summed E-state index contributed by atoms with van der Waals surface area (Å²) in [5.41, 5.74) is 0.127. The Hall–Kier alpha value is -0.500. The Kier molecular flexibility index (Phi) is 5.49. The molecule has 1 aromatic rings. The van der Waals surface area contributed by atoms with E-state index in [1.807, 2.05) is 6.92 Å². The highest BCUT2D eigenvalue weighted by Crippen LogP contribution is 2.27. The fraction of sp³-hybridized carbons (Fsp3) is 0.400. The molecule has 1 rings (SSSR count). The number of unbranched alkanes of at least 4 members (excludes halogenated alkanes) is 1. The first-order chi connectivity index (χ1) is 8.65. The molecule has 0 spiro atoms.